The standard InChI is InChI=1S/C12H13Cl2N/c13-9-2-1-8(3-10(9)14)12-4-11(5-12,6-12)7-15/h1-3H,4-7,15H2. The molecule has 80 valence electrons. The average molecular weight is 242 g/mol. The van der Waals surface area contributed by atoms with Crippen LogP contribution in [0, 0.1) is 5.41 Å². The quantitative estimate of drug-likeness (QED) is 0.845. The third kappa shape index (κ3) is 1.20. The fourth-order valence-electron chi connectivity index (χ4n) is 3.35. The second-order valence-corrected chi connectivity index (χ2v) is 5.96. The van der Waals surface area contributed by atoms with Crippen molar-refractivity contribution in [2.24, 2.45) is 11.1 Å². The molecule has 1 aromatic carbocycles. The number of hydrogen-bond acceptors (Lipinski definition) is 1. The zero-order chi connectivity index (χ0) is 10.7. The number of rotatable bonds is 2. The lowest BCUT2D eigenvalue weighted by atomic mass is 9.33. The molecule has 0 heterocycles. The van der Waals surface area contributed by atoms with Gasteiger partial charge in [-0.05, 0) is 54.3 Å². The second-order valence-electron chi connectivity index (χ2n) is 5.14. The van der Waals surface area contributed by atoms with Crippen molar-refractivity contribution in [3.63, 3.8) is 0 Å². The van der Waals surface area contributed by atoms with Crippen LogP contribution in [0.5, 0.6) is 0 Å². The summed E-state index contributed by atoms with van der Waals surface area (Å²) >= 11 is 11.9. The highest BCUT2D eigenvalue weighted by Crippen LogP contribution is 2.73. The van der Waals surface area contributed by atoms with Gasteiger partial charge in [-0.3, -0.25) is 0 Å². The van der Waals surface area contributed by atoms with Crippen LogP contribution in [0.25, 0.3) is 0 Å². The maximum Gasteiger partial charge on any atom is 0.0595 e. The van der Waals surface area contributed by atoms with E-state index in [4.69, 9.17) is 28.9 Å². The van der Waals surface area contributed by atoms with Gasteiger partial charge in [-0.25, -0.2) is 0 Å². The van der Waals surface area contributed by atoms with E-state index in [1.54, 1.807) is 0 Å². The van der Waals surface area contributed by atoms with E-state index in [1.165, 1.54) is 24.8 Å². The first-order chi connectivity index (χ1) is 7.09. The van der Waals surface area contributed by atoms with Gasteiger partial charge < -0.3 is 5.73 Å². The van der Waals surface area contributed by atoms with Crippen molar-refractivity contribution in [1.82, 2.24) is 0 Å². The Morgan fingerprint density at radius 2 is 1.80 bits per heavy atom. The van der Waals surface area contributed by atoms with E-state index in [9.17, 15) is 0 Å². The van der Waals surface area contributed by atoms with Gasteiger partial charge in [0.05, 0.1) is 10.0 Å². The Morgan fingerprint density at radius 3 is 2.33 bits per heavy atom. The predicted molar refractivity (Wildman–Crippen MR) is 63.5 cm³/mol. The highest BCUT2D eigenvalue weighted by Gasteiger charge is 2.67. The molecule has 0 aromatic heterocycles. The first-order valence-electron chi connectivity index (χ1n) is 5.25. The van der Waals surface area contributed by atoms with Crippen LogP contribution in [-0.4, -0.2) is 6.54 Å². The summed E-state index contributed by atoms with van der Waals surface area (Å²) in [6, 6.07) is 6.02. The molecule has 2 N–H and O–H groups in total. The third-order valence-electron chi connectivity index (χ3n) is 4.11. The monoisotopic (exact) mass is 241 g/mol. The van der Waals surface area contributed by atoms with Crippen LogP contribution in [0.4, 0.5) is 0 Å². The van der Waals surface area contributed by atoms with Crippen molar-refractivity contribution >= 4 is 23.2 Å². The van der Waals surface area contributed by atoms with Gasteiger partial charge in [0.1, 0.15) is 0 Å². The summed E-state index contributed by atoms with van der Waals surface area (Å²) in [7, 11) is 0. The molecule has 4 rings (SSSR count). The largest absolute Gasteiger partial charge is 0.330 e. The number of halogens is 2. The summed E-state index contributed by atoms with van der Waals surface area (Å²) in [5, 5.41) is 1.31. The van der Waals surface area contributed by atoms with E-state index in [0.29, 0.717) is 20.9 Å². The minimum atomic E-state index is 0.383. The first-order valence-corrected chi connectivity index (χ1v) is 6.01. The molecule has 3 aliphatic carbocycles. The van der Waals surface area contributed by atoms with Crippen molar-refractivity contribution < 1.29 is 0 Å². The molecule has 3 aliphatic rings. The van der Waals surface area contributed by atoms with Gasteiger partial charge in [0.2, 0.25) is 0 Å². The van der Waals surface area contributed by atoms with E-state index < -0.39 is 0 Å². The Bertz CT molecular complexity index is 408. The lowest BCUT2D eigenvalue weighted by molar-refractivity contribution is -0.132. The Hall–Kier alpha value is -0.240. The molecular weight excluding hydrogens is 229 g/mol. The molecule has 0 amide bonds. The van der Waals surface area contributed by atoms with Crippen molar-refractivity contribution in [3.8, 4) is 0 Å². The van der Waals surface area contributed by atoms with Gasteiger partial charge in [-0.1, -0.05) is 29.3 Å². The molecule has 3 saturated carbocycles. The molecule has 0 unspecified atom stereocenters. The van der Waals surface area contributed by atoms with E-state index >= 15 is 0 Å². The predicted octanol–water partition coefficient (Wildman–Crippen LogP) is 3.37. The van der Waals surface area contributed by atoms with E-state index in [1.807, 2.05) is 12.1 Å². The van der Waals surface area contributed by atoms with Crippen molar-refractivity contribution in [1.29, 1.82) is 0 Å². The molecule has 0 aliphatic heterocycles. The smallest absolute Gasteiger partial charge is 0.0595 e. The van der Waals surface area contributed by atoms with Crippen LogP contribution in [0.3, 0.4) is 0 Å². The fourth-order valence-corrected chi connectivity index (χ4v) is 3.64. The zero-order valence-electron chi connectivity index (χ0n) is 8.39. The molecule has 15 heavy (non-hydrogen) atoms. The minimum absolute atomic E-state index is 0.383. The SMILES string of the molecule is NCC12CC(c3ccc(Cl)c(Cl)c3)(C1)C2. The van der Waals surface area contributed by atoms with Gasteiger partial charge in [0.15, 0.2) is 0 Å². The Balaban J connectivity index is 1.88. The van der Waals surface area contributed by atoms with Crippen molar-refractivity contribution in [3.05, 3.63) is 33.8 Å². The van der Waals surface area contributed by atoms with Crippen LogP contribution in [0.15, 0.2) is 18.2 Å². The van der Waals surface area contributed by atoms with Crippen molar-refractivity contribution in [2.45, 2.75) is 24.7 Å². The second kappa shape index (κ2) is 2.91. The van der Waals surface area contributed by atoms with Gasteiger partial charge in [0.25, 0.3) is 0 Å². The topological polar surface area (TPSA) is 26.0 Å². The van der Waals surface area contributed by atoms with Crippen LogP contribution in [-0.2, 0) is 5.41 Å². The highest BCUT2D eigenvalue weighted by molar-refractivity contribution is 6.42. The Morgan fingerprint density at radius 1 is 1.13 bits per heavy atom. The summed E-state index contributed by atoms with van der Waals surface area (Å²) in [5.74, 6) is 0. The average Bonchev–Trinajstić information content (AvgIpc) is 2.07. The lowest BCUT2D eigenvalue weighted by Gasteiger charge is -2.71. The number of hydrogen-bond donors (Lipinski definition) is 1. The fraction of sp³-hybridized carbons (Fsp3) is 0.500. The van der Waals surface area contributed by atoms with E-state index in [0.717, 1.165) is 6.54 Å². The summed E-state index contributed by atoms with van der Waals surface area (Å²) in [4.78, 5) is 0. The molecule has 0 saturated heterocycles. The highest BCUT2D eigenvalue weighted by atomic mass is 35.5. The van der Waals surface area contributed by atoms with Gasteiger partial charge in [-0.2, -0.15) is 0 Å². The van der Waals surface area contributed by atoms with Crippen LogP contribution in [0.2, 0.25) is 10.0 Å². The van der Waals surface area contributed by atoms with Gasteiger partial charge in [0, 0.05) is 0 Å². The van der Waals surface area contributed by atoms with Crippen LogP contribution >= 0.6 is 23.2 Å². The van der Waals surface area contributed by atoms with Crippen LogP contribution in [0.1, 0.15) is 24.8 Å². The normalized spacial score (nSPS) is 37.0. The summed E-state index contributed by atoms with van der Waals surface area (Å²) in [6.07, 6.45) is 3.69. The van der Waals surface area contributed by atoms with Gasteiger partial charge >= 0.3 is 0 Å². The molecule has 3 fully saturated rings. The molecule has 2 bridgehead atoms. The zero-order valence-corrected chi connectivity index (χ0v) is 9.91. The molecular formula is C12H13Cl2N. The summed E-state index contributed by atoms with van der Waals surface area (Å²) < 4.78 is 0. The Labute approximate surface area is 99.6 Å². The molecule has 0 spiro atoms. The molecule has 1 aromatic rings. The first kappa shape index (κ1) is 9.95. The molecule has 3 heteroatoms. The maximum atomic E-state index is 6.03. The molecule has 0 atom stereocenters. The lowest BCUT2D eigenvalue weighted by Crippen LogP contribution is -2.67. The molecule has 1 nitrogen and oxygen atoms in total. The number of nitrogens with two attached hydrogens (primary N) is 1. The molecule has 0 radical (unpaired) electrons. The minimum Gasteiger partial charge on any atom is -0.330 e. The summed E-state index contributed by atoms with van der Waals surface area (Å²) in [6.45, 7) is 0.829. The van der Waals surface area contributed by atoms with Crippen LogP contribution < -0.4 is 5.73 Å². The Kier molecular flexibility index (Phi) is 1.93. The maximum absolute atomic E-state index is 6.03. The third-order valence-corrected chi connectivity index (χ3v) is 4.84. The van der Waals surface area contributed by atoms with Crippen molar-refractivity contribution in [2.75, 3.05) is 6.54 Å². The number of benzene rings is 1. The summed E-state index contributed by atoms with van der Waals surface area (Å²) in [5.41, 5.74) is 7.94. The van der Waals surface area contributed by atoms with E-state index in [-0.39, 0.29) is 0 Å². The van der Waals surface area contributed by atoms with E-state index in [2.05, 4.69) is 6.07 Å². The van der Waals surface area contributed by atoms with Gasteiger partial charge in [-0.15, -0.1) is 0 Å².